The van der Waals surface area contributed by atoms with Crippen molar-refractivity contribution in [2.45, 2.75) is 17.6 Å². The van der Waals surface area contributed by atoms with Gasteiger partial charge in [0.2, 0.25) is 10.0 Å². The second kappa shape index (κ2) is 12.9. The van der Waals surface area contributed by atoms with Gasteiger partial charge in [-0.05, 0) is 78.9 Å². The van der Waals surface area contributed by atoms with Gasteiger partial charge >= 0.3 is 6.18 Å². The molecule has 1 amide bonds. The molecule has 0 spiro atoms. The lowest BCUT2D eigenvalue weighted by Crippen LogP contribution is -2.29. The van der Waals surface area contributed by atoms with Gasteiger partial charge in [-0.3, -0.25) is 13.8 Å². The average Bonchev–Trinajstić information content (AvgIpc) is 2.93. The number of carbonyl (C=O) groups excluding carboxylic acids is 1. The Morgan fingerprint density at radius 1 is 0.795 bits per heavy atom. The van der Waals surface area contributed by atoms with Crippen LogP contribution in [0.4, 0.5) is 30.2 Å². The number of rotatable bonds is 9. The first kappa shape index (κ1) is 33.4. The molecular weight excluding hydrogens is 686 g/mol. The van der Waals surface area contributed by atoms with Crippen molar-refractivity contribution in [1.29, 1.82) is 0 Å². The molecule has 0 fully saturated rings. The third-order valence-corrected chi connectivity index (χ3v) is 9.70. The van der Waals surface area contributed by atoms with Crippen molar-refractivity contribution in [1.82, 2.24) is 0 Å². The van der Waals surface area contributed by atoms with Gasteiger partial charge in [-0.1, -0.05) is 40.9 Å². The summed E-state index contributed by atoms with van der Waals surface area (Å²) in [5, 5.41) is 2.59. The maximum Gasteiger partial charge on any atom is 0.417 e. The van der Waals surface area contributed by atoms with Crippen LogP contribution < -0.4 is 14.3 Å². The number of benzene rings is 4. The van der Waals surface area contributed by atoms with Crippen LogP contribution in [-0.2, 0) is 32.8 Å². The summed E-state index contributed by atoms with van der Waals surface area (Å²) in [5.74, 6) is -0.578. The van der Waals surface area contributed by atoms with Crippen LogP contribution in [0, 0.1) is 0 Å². The summed E-state index contributed by atoms with van der Waals surface area (Å²) in [6.07, 6.45) is -3.76. The minimum Gasteiger partial charge on any atom is -0.322 e. The zero-order valence-corrected chi connectivity index (χ0v) is 26.3. The van der Waals surface area contributed by atoms with Gasteiger partial charge in [0.15, 0.2) is 0 Å². The van der Waals surface area contributed by atoms with Gasteiger partial charge < -0.3 is 5.32 Å². The predicted octanol–water partition coefficient (Wildman–Crippen LogP) is 7.68. The highest BCUT2D eigenvalue weighted by molar-refractivity contribution is 7.92. The number of alkyl halides is 3. The van der Waals surface area contributed by atoms with E-state index in [0.717, 1.165) is 34.8 Å². The lowest BCUT2D eigenvalue weighted by atomic mass is 10.1. The fourth-order valence-corrected chi connectivity index (χ4v) is 6.61. The molecule has 0 heterocycles. The first-order chi connectivity index (χ1) is 20.5. The Morgan fingerprint density at radius 2 is 1.36 bits per heavy atom. The van der Waals surface area contributed by atoms with E-state index in [1.54, 1.807) is 18.2 Å². The molecule has 4 aromatic carbocycles. The van der Waals surface area contributed by atoms with E-state index in [2.05, 4.69) is 10.0 Å². The molecule has 2 N–H and O–H groups in total. The highest BCUT2D eigenvalue weighted by atomic mass is 35.5. The molecule has 0 atom stereocenters. The van der Waals surface area contributed by atoms with E-state index in [4.69, 9.17) is 34.8 Å². The third kappa shape index (κ3) is 7.96. The summed E-state index contributed by atoms with van der Waals surface area (Å²) in [6, 6.07) is 18.0. The molecule has 16 heteroatoms. The Bertz CT molecular complexity index is 1900. The minimum absolute atomic E-state index is 0.144. The highest BCUT2D eigenvalue weighted by Gasteiger charge is 2.33. The molecule has 0 saturated carbocycles. The Balaban J connectivity index is 1.47. The normalized spacial score (nSPS) is 12.1. The fourth-order valence-electron chi connectivity index (χ4n) is 3.95. The van der Waals surface area contributed by atoms with Crippen molar-refractivity contribution in [3.05, 3.63) is 117 Å². The average molecular weight is 707 g/mol. The van der Waals surface area contributed by atoms with Crippen molar-refractivity contribution in [3.63, 3.8) is 0 Å². The number of sulfonamides is 2. The van der Waals surface area contributed by atoms with E-state index < -0.39 is 42.7 Å². The van der Waals surface area contributed by atoms with Crippen LogP contribution in [0.15, 0.2) is 89.8 Å². The molecule has 232 valence electrons. The quantitative estimate of drug-likeness (QED) is 0.185. The van der Waals surface area contributed by atoms with Crippen molar-refractivity contribution in [2.24, 2.45) is 0 Å². The minimum atomic E-state index is -4.78. The molecule has 0 bridgehead atoms. The number of hydrogen-bond acceptors (Lipinski definition) is 5. The van der Waals surface area contributed by atoms with E-state index in [9.17, 15) is 34.8 Å². The standard InChI is InChI=1S/C28H21Cl3F3N3O5S2/c1-43(39,40)37(16-22-24(29)3-2-4-25(22)30)20-10-5-17(6-11-20)27(38)35-18-7-12-21(13-8-18)44(41,42)36-19-9-14-26(31)23(15-19)28(32,33)34/h2-15,36H,16H2,1H3,(H,35,38). The maximum atomic E-state index is 13.1. The van der Waals surface area contributed by atoms with Crippen molar-refractivity contribution in [2.75, 3.05) is 20.6 Å². The lowest BCUT2D eigenvalue weighted by Gasteiger charge is -2.23. The molecule has 0 radical (unpaired) electrons. The SMILES string of the molecule is CS(=O)(=O)N(Cc1c(Cl)cccc1Cl)c1ccc(C(=O)Nc2ccc(S(=O)(=O)Nc3ccc(Cl)c(C(F)(F)F)c3)cc2)cc1. The Morgan fingerprint density at radius 3 is 1.91 bits per heavy atom. The zero-order valence-electron chi connectivity index (χ0n) is 22.4. The zero-order chi connectivity index (χ0) is 32.4. The van der Waals surface area contributed by atoms with Crippen LogP contribution in [0.5, 0.6) is 0 Å². The van der Waals surface area contributed by atoms with Gasteiger partial charge in [0.25, 0.3) is 15.9 Å². The van der Waals surface area contributed by atoms with Crippen molar-refractivity contribution < 1.29 is 34.8 Å². The number of amides is 1. The van der Waals surface area contributed by atoms with Crippen LogP contribution in [0.2, 0.25) is 15.1 Å². The molecule has 0 aliphatic heterocycles. The molecule has 0 unspecified atom stereocenters. The van der Waals surface area contributed by atoms with Gasteiger partial charge in [-0.15, -0.1) is 0 Å². The maximum absolute atomic E-state index is 13.1. The summed E-state index contributed by atoms with van der Waals surface area (Å²) in [4.78, 5) is 12.5. The number of anilines is 3. The second-order valence-corrected chi connectivity index (χ2v) is 14.1. The summed E-state index contributed by atoms with van der Waals surface area (Å²) in [7, 11) is -8.06. The van der Waals surface area contributed by atoms with Gasteiger partial charge in [0, 0.05) is 32.5 Å². The first-order valence-corrected chi connectivity index (χ1v) is 16.7. The highest BCUT2D eigenvalue weighted by Crippen LogP contribution is 2.36. The third-order valence-electron chi connectivity index (χ3n) is 6.13. The first-order valence-electron chi connectivity index (χ1n) is 12.3. The molecule has 0 aromatic heterocycles. The molecule has 8 nitrogen and oxygen atoms in total. The molecule has 0 aliphatic rings. The summed E-state index contributed by atoms with van der Waals surface area (Å²) in [6.45, 7) is -0.144. The van der Waals surface area contributed by atoms with E-state index in [0.29, 0.717) is 11.6 Å². The Labute approximate surface area is 266 Å². The molecule has 4 rings (SSSR count). The largest absolute Gasteiger partial charge is 0.417 e. The predicted molar refractivity (Wildman–Crippen MR) is 166 cm³/mol. The molecule has 0 aliphatic carbocycles. The van der Waals surface area contributed by atoms with E-state index in [-0.39, 0.29) is 44.1 Å². The molecule has 0 saturated heterocycles. The Kier molecular flexibility index (Phi) is 9.76. The topological polar surface area (TPSA) is 113 Å². The number of carbonyl (C=O) groups is 1. The van der Waals surface area contributed by atoms with Crippen LogP contribution >= 0.6 is 34.8 Å². The summed E-state index contributed by atoms with van der Waals surface area (Å²) >= 11 is 18.0. The van der Waals surface area contributed by atoms with Crippen LogP contribution in [0.1, 0.15) is 21.5 Å². The number of halogens is 6. The Hall–Kier alpha value is -3.49. The van der Waals surface area contributed by atoms with Crippen LogP contribution in [0.3, 0.4) is 0 Å². The van der Waals surface area contributed by atoms with Crippen LogP contribution in [-0.4, -0.2) is 29.0 Å². The van der Waals surface area contributed by atoms with Gasteiger partial charge in [0.1, 0.15) is 0 Å². The molecular formula is C28H21Cl3F3N3O5S2. The fraction of sp³-hybridized carbons (Fsp3) is 0.107. The van der Waals surface area contributed by atoms with Gasteiger partial charge in [-0.2, -0.15) is 13.2 Å². The number of nitrogens with zero attached hydrogens (tertiary/aromatic N) is 1. The summed E-state index contributed by atoms with van der Waals surface area (Å²) in [5.41, 5.74) is -0.492. The van der Waals surface area contributed by atoms with Crippen molar-refractivity contribution in [3.8, 4) is 0 Å². The monoisotopic (exact) mass is 705 g/mol. The van der Waals surface area contributed by atoms with Crippen molar-refractivity contribution >= 4 is 77.8 Å². The van der Waals surface area contributed by atoms with E-state index >= 15 is 0 Å². The smallest absolute Gasteiger partial charge is 0.322 e. The van der Waals surface area contributed by atoms with E-state index in [1.165, 1.54) is 36.4 Å². The number of hydrogen-bond donors (Lipinski definition) is 2. The lowest BCUT2D eigenvalue weighted by molar-refractivity contribution is -0.137. The van der Waals surface area contributed by atoms with Gasteiger partial charge in [0.05, 0.1) is 34.0 Å². The van der Waals surface area contributed by atoms with Crippen LogP contribution in [0.25, 0.3) is 0 Å². The number of nitrogens with one attached hydrogen (secondary N) is 2. The summed E-state index contributed by atoms with van der Waals surface area (Å²) < 4.78 is 93.1. The molecule has 44 heavy (non-hydrogen) atoms. The van der Waals surface area contributed by atoms with Gasteiger partial charge in [-0.25, -0.2) is 16.8 Å². The second-order valence-electron chi connectivity index (χ2n) is 9.29. The van der Waals surface area contributed by atoms with E-state index in [1.807, 2.05) is 0 Å². The molecule has 4 aromatic rings.